The van der Waals surface area contributed by atoms with Crippen molar-refractivity contribution < 1.29 is 14.3 Å². The van der Waals surface area contributed by atoms with Gasteiger partial charge in [-0.1, -0.05) is 6.07 Å². The lowest BCUT2D eigenvalue weighted by molar-refractivity contribution is 0.0467. The van der Waals surface area contributed by atoms with Crippen molar-refractivity contribution in [2.75, 3.05) is 12.3 Å². The molecule has 1 aromatic heterocycles. The van der Waals surface area contributed by atoms with Crippen molar-refractivity contribution in [1.29, 1.82) is 0 Å². The lowest BCUT2D eigenvalue weighted by Gasteiger charge is -2.08. The molecule has 5 heteroatoms. The highest BCUT2D eigenvalue weighted by atomic mass is 16.5. The smallest absolute Gasteiger partial charge is 0.338 e. The van der Waals surface area contributed by atoms with Crippen molar-refractivity contribution >= 4 is 11.7 Å². The Hall–Kier alpha value is -2.56. The lowest BCUT2D eigenvalue weighted by atomic mass is 10.2. The Morgan fingerprint density at radius 1 is 1.30 bits per heavy atom. The van der Waals surface area contributed by atoms with Gasteiger partial charge in [0.1, 0.15) is 12.4 Å². The predicted molar refractivity (Wildman–Crippen MR) is 75.4 cm³/mol. The summed E-state index contributed by atoms with van der Waals surface area (Å²) in [6.07, 6.45) is 1.65. The molecule has 0 aliphatic rings. The van der Waals surface area contributed by atoms with Gasteiger partial charge in [-0.3, -0.25) is 4.98 Å². The summed E-state index contributed by atoms with van der Waals surface area (Å²) in [7, 11) is 0. The van der Waals surface area contributed by atoms with E-state index in [1.165, 1.54) is 0 Å². The SMILES string of the molecule is CCOc1cc(N)cc(C(=O)OCc2ccccn2)c1. The predicted octanol–water partition coefficient (Wildman–Crippen LogP) is 2.42. The molecule has 2 aromatic rings. The van der Waals surface area contributed by atoms with Crippen LogP contribution in [-0.4, -0.2) is 17.6 Å². The average molecular weight is 272 g/mol. The minimum Gasteiger partial charge on any atom is -0.494 e. The zero-order valence-electron chi connectivity index (χ0n) is 11.2. The number of nitrogens with zero attached hydrogens (tertiary/aromatic N) is 1. The third-order valence-electron chi connectivity index (χ3n) is 2.55. The van der Waals surface area contributed by atoms with Gasteiger partial charge in [-0.25, -0.2) is 4.79 Å². The summed E-state index contributed by atoms with van der Waals surface area (Å²) in [6, 6.07) is 10.3. The number of aromatic nitrogens is 1. The Bertz CT molecular complexity index is 585. The van der Waals surface area contributed by atoms with Crippen LogP contribution >= 0.6 is 0 Å². The van der Waals surface area contributed by atoms with E-state index in [1.54, 1.807) is 36.5 Å². The van der Waals surface area contributed by atoms with Crippen LogP contribution in [0.3, 0.4) is 0 Å². The summed E-state index contributed by atoms with van der Waals surface area (Å²) in [5.74, 6) is 0.0983. The van der Waals surface area contributed by atoms with Crippen LogP contribution in [0.25, 0.3) is 0 Å². The number of nitrogen functional groups attached to an aromatic ring is 1. The number of anilines is 1. The summed E-state index contributed by atoms with van der Waals surface area (Å²) < 4.78 is 10.5. The van der Waals surface area contributed by atoms with Crippen LogP contribution in [0.15, 0.2) is 42.6 Å². The topological polar surface area (TPSA) is 74.4 Å². The Kier molecular flexibility index (Phi) is 4.55. The first-order valence-corrected chi connectivity index (χ1v) is 6.29. The van der Waals surface area contributed by atoms with Crippen molar-refractivity contribution in [2.45, 2.75) is 13.5 Å². The molecule has 1 heterocycles. The van der Waals surface area contributed by atoms with Crippen LogP contribution in [0.2, 0.25) is 0 Å². The maximum atomic E-state index is 12.0. The Balaban J connectivity index is 2.05. The molecule has 0 spiro atoms. The minimum absolute atomic E-state index is 0.123. The van der Waals surface area contributed by atoms with E-state index in [2.05, 4.69) is 4.98 Å². The van der Waals surface area contributed by atoms with Crippen LogP contribution < -0.4 is 10.5 Å². The molecular formula is C15H16N2O3. The normalized spacial score (nSPS) is 10.1. The monoisotopic (exact) mass is 272 g/mol. The van der Waals surface area contributed by atoms with Crippen LogP contribution in [0.1, 0.15) is 23.0 Å². The molecule has 20 heavy (non-hydrogen) atoms. The van der Waals surface area contributed by atoms with Gasteiger partial charge in [-0.15, -0.1) is 0 Å². The summed E-state index contributed by atoms with van der Waals surface area (Å²) in [4.78, 5) is 16.0. The van der Waals surface area contributed by atoms with Gasteiger partial charge in [0.2, 0.25) is 0 Å². The number of pyridine rings is 1. The molecule has 104 valence electrons. The van der Waals surface area contributed by atoms with Gasteiger partial charge in [0.25, 0.3) is 0 Å². The standard InChI is InChI=1S/C15H16N2O3/c1-2-19-14-8-11(7-12(16)9-14)15(18)20-10-13-5-3-4-6-17-13/h3-9H,2,10,16H2,1H3. The van der Waals surface area contributed by atoms with E-state index in [0.29, 0.717) is 29.3 Å². The molecule has 0 aliphatic carbocycles. The van der Waals surface area contributed by atoms with E-state index in [4.69, 9.17) is 15.2 Å². The molecule has 0 amide bonds. The number of hydrogen-bond donors (Lipinski definition) is 1. The van der Waals surface area contributed by atoms with Gasteiger partial charge < -0.3 is 15.2 Å². The fourth-order valence-corrected chi connectivity index (χ4v) is 1.70. The van der Waals surface area contributed by atoms with Crippen molar-refractivity contribution in [3.8, 4) is 5.75 Å². The van der Waals surface area contributed by atoms with Crippen LogP contribution in [0, 0.1) is 0 Å². The maximum absolute atomic E-state index is 12.0. The first-order valence-electron chi connectivity index (χ1n) is 6.29. The van der Waals surface area contributed by atoms with E-state index >= 15 is 0 Å². The number of esters is 1. The molecule has 1 aromatic carbocycles. The second-order valence-electron chi connectivity index (χ2n) is 4.12. The Labute approximate surface area is 117 Å². The third kappa shape index (κ3) is 3.71. The first-order chi connectivity index (χ1) is 9.69. The number of rotatable bonds is 5. The number of ether oxygens (including phenoxy) is 2. The molecule has 0 atom stereocenters. The second kappa shape index (κ2) is 6.56. The fourth-order valence-electron chi connectivity index (χ4n) is 1.70. The maximum Gasteiger partial charge on any atom is 0.338 e. The van der Waals surface area contributed by atoms with Crippen LogP contribution in [0.5, 0.6) is 5.75 Å². The molecule has 2 rings (SSSR count). The number of nitrogens with two attached hydrogens (primary N) is 1. The molecule has 0 saturated carbocycles. The van der Waals surface area contributed by atoms with Crippen molar-refractivity contribution in [3.63, 3.8) is 0 Å². The number of carbonyl (C=O) groups is 1. The third-order valence-corrected chi connectivity index (χ3v) is 2.55. The zero-order valence-corrected chi connectivity index (χ0v) is 11.2. The van der Waals surface area contributed by atoms with Gasteiger partial charge in [0.15, 0.2) is 0 Å². The van der Waals surface area contributed by atoms with E-state index < -0.39 is 5.97 Å². The average Bonchev–Trinajstić information content (AvgIpc) is 2.45. The van der Waals surface area contributed by atoms with Crippen molar-refractivity contribution in [2.24, 2.45) is 0 Å². The summed E-state index contributed by atoms with van der Waals surface area (Å²) >= 11 is 0. The van der Waals surface area contributed by atoms with E-state index in [1.807, 2.05) is 13.0 Å². The first kappa shape index (κ1) is 13.9. The molecule has 0 saturated heterocycles. The largest absolute Gasteiger partial charge is 0.494 e. The molecule has 5 nitrogen and oxygen atoms in total. The molecule has 0 aliphatic heterocycles. The summed E-state index contributed by atoms with van der Waals surface area (Å²) in [5.41, 5.74) is 7.25. The van der Waals surface area contributed by atoms with Crippen LogP contribution in [-0.2, 0) is 11.3 Å². The highest BCUT2D eigenvalue weighted by Gasteiger charge is 2.10. The van der Waals surface area contributed by atoms with Gasteiger partial charge in [0.05, 0.1) is 17.9 Å². The van der Waals surface area contributed by atoms with Crippen molar-refractivity contribution in [3.05, 3.63) is 53.9 Å². The van der Waals surface area contributed by atoms with E-state index in [9.17, 15) is 4.79 Å². The quantitative estimate of drug-likeness (QED) is 0.668. The molecular weight excluding hydrogens is 256 g/mol. The van der Waals surface area contributed by atoms with Gasteiger partial charge in [-0.05, 0) is 31.2 Å². The highest BCUT2D eigenvalue weighted by Crippen LogP contribution is 2.19. The number of carbonyl (C=O) groups excluding carboxylic acids is 1. The molecule has 2 N–H and O–H groups in total. The van der Waals surface area contributed by atoms with Crippen LogP contribution in [0.4, 0.5) is 5.69 Å². The lowest BCUT2D eigenvalue weighted by Crippen LogP contribution is -2.07. The van der Waals surface area contributed by atoms with E-state index in [0.717, 1.165) is 0 Å². The highest BCUT2D eigenvalue weighted by molar-refractivity contribution is 5.91. The van der Waals surface area contributed by atoms with E-state index in [-0.39, 0.29) is 6.61 Å². The van der Waals surface area contributed by atoms with Gasteiger partial charge in [-0.2, -0.15) is 0 Å². The Morgan fingerprint density at radius 2 is 2.15 bits per heavy atom. The number of benzene rings is 1. The zero-order chi connectivity index (χ0) is 14.4. The molecule has 0 unspecified atom stereocenters. The van der Waals surface area contributed by atoms with Crippen molar-refractivity contribution in [1.82, 2.24) is 4.98 Å². The molecule has 0 fully saturated rings. The fraction of sp³-hybridized carbons (Fsp3) is 0.200. The summed E-state index contributed by atoms with van der Waals surface area (Å²) in [5, 5.41) is 0. The van der Waals surface area contributed by atoms with Gasteiger partial charge in [0, 0.05) is 18.0 Å². The summed E-state index contributed by atoms with van der Waals surface area (Å²) in [6.45, 7) is 2.49. The molecule has 0 radical (unpaired) electrons. The van der Waals surface area contributed by atoms with Gasteiger partial charge >= 0.3 is 5.97 Å². The number of hydrogen-bond acceptors (Lipinski definition) is 5. The second-order valence-corrected chi connectivity index (χ2v) is 4.12. The molecule has 0 bridgehead atoms. The Morgan fingerprint density at radius 3 is 2.85 bits per heavy atom. The minimum atomic E-state index is -0.455.